The summed E-state index contributed by atoms with van der Waals surface area (Å²) in [6.07, 6.45) is 0. The molecular weight excluding hydrogens is 491 g/mol. The fourth-order valence-electron chi connectivity index (χ4n) is 4.09. The minimum Gasteiger partial charge on any atom is -0.325 e. The average Bonchev–Trinajstić information content (AvgIpc) is 2.91. The fourth-order valence-corrected chi connectivity index (χ4v) is 4.85. The number of rotatable bonds is 6. The maximum atomic E-state index is 13.9. The van der Waals surface area contributed by atoms with Crippen LogP contribution < -0.4 is 10.6 Å². The average molecular weight is 511 g/mol. The summed E-state index contributed by atoms with van der Waals surface area (Å²) in [6, 6.07) is 24.0. The van der Waals surface area contributed by atoms with Gasteiger partial charge < -0.3 is 10.6 Å². The zero-order chi connectivity index (χ0) is 25.9. The molecule has 0 atom stereocenters. The van der Waals surface area contributed by atoms with Crippen LogP contribution in [0.4, 0.5) is 15.8 Å². The van der Waals surface area contributed by atoms with E-state index >= 15 is 0 Å². The Kier molecular flexibility index (Phi) is 6.66. The van der Waals surface area contributed by atoms with Gasteiger partial charge in [0.1, 0.15) is 5.82 Å². The number of carbonyl (C=O) groups excluding carboxylic acids is 4. The lowest BCUT2D eigenvalue weighted by molar-refractivity contribution is -0.113. The van der Waals surface area contributed by atoms with E-state index in [1.54, 1.807) is 72.8 Å². The van der Waals surface area contributed by atoms with Gasteiger partial charge in [-0.05, 0) is 36.4 Å². The number of halogens is 1. The van der Waals surface area contributed by atoms with E-state index in [4.69, 9.17) is 0 Å². The number of hydrogen-bond acceptors (Lipinski definition) is 5. The Morgan fingerprint density at radius 2 is 1.41 bits per heavy atom. The molecule has 0 saturated heterocycles. The molecule has 37 heavy (non-hydrogen) atoms. The Morgan fingerprint density at radius 1 is 0.730 bits per heavy atom. The van der Waals surface area contributed by atoms with Crippen LogP contribution in [0, 0.1) is 5.82 Å². The summed E-state index contributed by atoms with van der Waals surface area (Å²) in [6.45, 7) is 0. The lowest BCUT2D eigenvalue weighted by Crippen LogP contribution is -2.24. The highest BCUT2D eigenvalue weighted by atomic mass is 32.2. The second-order valence-electron chi connectivity index (χ2n) is 8.23. The molecule has 0 heterocycles. The molecule has 0 spiro atoms. The van der Waals surface area contributed by atoms with Crippen LogP contribution in [0.25, 0.3) is 0 Å². The summed E-state index contributed by atoms with van der Waals surface area (Å²) in [4.78, 5) is 51.9. The summed E-state index contributed by atoms with van der Waals surface area (Å²) < 4.78 is 13.9. The fraction of sp³-hybridized carbons (Fsp3) is 0.0345. The van der Waals surface area contributed by atoms with Gasteiger partial charge >= 0.3 is 0 Å². The van der Waals surface area contributed by atoms with Crippen LogP contribution in [0.5, 0.6) is 0 Å². The van der Waals surface area contributed by atoms with E-state index in [2.05, 4.69) is 10.6 Å². The highest BCUT2D eigenvalue weighted by Crippen LogP contribution is 2.32. The molecule has 4 aromatic carbocycles. The van der Waals surface area contributed by atoms with Crippen molar-refractivity contribution >= 4 is 46.5 Å². The number of anilines is 2. The molecule has 2 amide bonds. The number of amides is 2. The van der Waals surface area contributed by atoms with Gasteiger partial charge in [0.25, 0.3) is 5.91 Å². The summed E-state index contributed by atoms with van der Waals surface area (Å²) in [5.74, 6) is -2.11. The van der Waals surface area contributed by atoms with Crippen molar-refractivity contribution in [3.05, 3.63) is 125 Å². The van der Waals surface area contributed by atoms with Gasteiger partial charge in [-0.3, -0.25) is 19.2 Å². The number of benzene rings is 4. The second-order valence-corrected chi connectivity index (χ2v) is 9.28. The highest BCUT2D eigenvalue weighted by Gasteiger charge is 2.31. The molecule has 0 fully saturated rings. The minimum atomic E-state index is -0.617. The Balaban J connectivity index is 1.26. The van der Waals surface area contributed by atoms with Gasteiger partial charge in [0.05, 0.1) is 22.6 Å². The number of ketones is 2. The molecule has 8 heteroatoms. The Bertz CT molecular complexity index is 1580. The summed E-state index contributed by atoms with van der Waals surface area (Å²) in [5, 5.41) is 5.41. The molecule has 0 unspecified atom stereocenters. The van der Waals surface area contributed by atoms with Crippen LogP contribution in [-0.4, -0.2) is 29.1 Å². The van der Waals surface area contributed by atoms with Crippen molar-refractivity contribution in [1.29, 1.82) is 0 Å². The Hall–Kier alpha value is -4.56. The van der Waals surface area contributed by atoms with Crippen LogP contribution in [0.2, 0.25) is 0 Å². The topological polar surface area (TPSA) is 92.3 Å². The van der Waals surface area contributed by atoms with Crippen molar-refractivity contribution in [2.45, 2.75) is 4.90 Å². The molecule has 1 aliphatic rings. The van der Waals surface area contributed by atoms with Crippen LogP contribution in [0.3, 0.4) is 0 Å². The van der Waals surface area contributed by atoms with Crippen LogP contribution in [-0.2, 0) is 4.79 Å². The largest absolute Gasteiger partial charge is 0.325 e. The molecule has 0 aromatic heterocycles. The van der Waals surface area contributed by atoms with Gasteiger partial charge in [-0.2, -0.15) is 0 Å². The van der Waals surface area contributed by atoms with E-state index in [1.165, 1.54) is 30.0 Å². The van der Waals surface area contributed by atoms with E-state index in [9.17, 15) is 23.6 Å². The second kappa shape index (κ2) is 10.2. The molecule has 0 bridgehead atoms. The number of nitrogens with one attached hydrogen (secondary N) is 2. The van der Waals surface area contributed by atoms with Gasteiger partial charge in [-0.1, -0.05) is 54.6 Å². The molecule has 0 radical (unpaired) electrons. The van der Waals surface area contributed by atoms with Gasteiger partial charge in [0.2, 0.25) is 5.91 Å². The van der Waals surface area contributed by atoms with Crippen molar-refractivity contribution in [3.8, 4) is 0 Å². The first-order valence-corrected chi connectivity index (χ1v) is 12.3. The van der Waals surface area contributed by atoms with Crippen LogP contribution >= 0.6 is 11.8 Å². The van der Waals surface area contributed by atoms with Crippen molar-refractivity contribution in [2.24, 2.45) is 0 Å². The lowest BCUT2D eigenvalue weighted by Gasteiger charge is -2.20. The first-order chi connectivity index (χ1) is 17.9. The normalized spacial score (nSPS) is 11.9. The molecule has 4 aromatic rings. The Morgan fingerprint density at radius 3 is 2.19 bits per heavy atom. The standard InChI is InChI=1S/C29H19FN2O4S/c30-23-13-4-3-11-21(23)29(36)31-17-7-5-8-18(15-17)37-16-25(33)32-24-14-6-12-22-26(24)28(35)20-10-2-1-9-19(20)27(22)34/h1-15H,16H2,(H,31,36)(H,32,33). The van der Waals surface area contributed by atoms with Gasteiger partial charge in [0, 0.05) is 27.3 Å². The van der Waals surface area contributed by atoms with Crippen molar-refractivity contribution in [1.82, 2.24) is 0 Å². The van der Waals surface area contributed by atoms with Crippen LogP contribution in [0.1, 0.15) is 42.2 Å². The molecule has 1 aliphatic carbocycles. The third-order valence-corrected chi connectivity index (χ3v) is 6.80. The molecule has 2 N–H and O–H groups in total. The third kappa shape index (κ3) is 4.92. The van der Waals surface area contributed by atoms with Crippen LogP contribution in [0.15, 0.2) is 95.9 Å². The molecule has 0 aliphatic heterocycles. The smallest absolute Gasteiger partial charge is 0.258 e. The molecule has 6 nitrogen and oxygen atoms in total. The predicted molar refractivity (Wildman–Crippen MR) is 140 cm³/mol. The summed E-state index contributed by atoms with van der Waals surface area (Å²) in [5.41, 5.74) is 1.77. The third-order valence-electron chi connectivity index (χ3n) is 5.81. The predicted octanol–water partition coefficient (Wildman–Crippen LogP) is 5.58. The van der Waals surface area contributed by atoms with Crippen molar-refractivity contribution in [3.63, 3.8) is 0 Å². The Labute approximate surface area is 215 Å². The lowest BCUT2D eigenvalue weighted by atomic mass is 9.83. The SMILES string of the molecule is O=C(CSc1cccc(NC(=O)c2ccccc2F)c1)Nc1cccc2c1C(=O)c1ccccc1C2=O. The van der Waals surface area contributed by atoms with Gasteiger partial charge in [-0.25, -0.2) is 4.39 Å². The number of fused-ring (bicyclic) bond motifs is 2. The minimum absolute atomic E-state index is 0.0209. The van der Waals surface area contributed by atoms with E-state index in [1.807, 2.05) is 0 Å². The van der Waals surface area contributed by atoms with E-state index in [0.717, 1.165) is 0 Å². The monoisotopic (exact) mass is 510 g/mol. The number of thioether (sulfide) groups is 1. The first-order valence-electron chi connectivity index (χ1n) is 11.3. The first kappa shape index (κ1) is 24.1. The molecule has 5 rings (SSSR count). The van der Waals surface area contributed by atoms with Crippen molar-refractivity contribution in [2.75, 3.05) is 16.4 Å². The summed E-state index contributed by atoms with van der Waals surface area (Å²) in [7, 11) is 0. The maximum absolute atomic E-state index is 13.9. The molecule has 182 valence electrons. The van der Waals surface area contributed by atoms with E-state index in [0.29, 0.717) is 21.7 Å². The quantitative estimate of drug-likeness (QED) is 0.291. The van der Waals surface area contributed by atoms with Gasteiger partial charge in [-0.15, -0.1) is 11.8 Å². The van der Waals surface area contributed by atoms with E-state index in [-0.39, 0.29) is 45.6 Å². The van der Waals surface area contributed by atoms with Crippen molar-refractivity contribution < 1.29 is 23.6 Å². The maximum Gasteiger partial charge on any atom is 0.258 e. The number of carbonyl (C=O) groups is 4. The highest BCUT2D eigenvalue weighted by molar-refractivity contribution is 8.00. The zero-order valence-corrected chi connectivity index (χ0v) is 20.1. The van der Waals surface area contributed by atoms with E-state index < -0.39 is 11.7 Å². The molecule has 0 saturated carbocycles. The molecular formula is C29H19FN2O4S. The summed E-state index contributed by atoms with van der Waals surface area (Å²) >= 11 is 1.23. The van der Waals surface area contributed by atoms with Gasteiger partial charge in [0.15, 0.2) is 11.6 Å². The zero-order valence-electron chi connectivity index (χ0n) is 19.3. The number of hydrogen-bond donors (Lipinski definition) is 2.